The molecule has 0 unspecified atom stereocenters. The average Bonchev–Trinajstić information content (AvgIpc) is 2.85. The molecule has 0 bridgehead atoms. The van der Waals surface area contributed by atoms with Crippen molar-refractivity contribution in [3.05, 3.63) is 17.3 Å². The molecule has 2 aromatic rings. The number of hydrogen-bond acceptors (Lipinski definition) is 4. The molecule has 0 aromatic carbocycles. The summed E-state index contributed by atoms with van der Waals surface area (Å²) in [4.78, 5) is 5.87. The smallest absolute Gasteiger partial charge is 0.194 e. The van der Waals surface area contributed by atoms with Gasteiger partial charge in [0, 0.05) is 23.7 Å². The van der Waals surface area contributed by atoms with Gasteiger partial charge in [-0.05, 0) is 38.9 Å². The van der Waals surface area contributed by atoms with Crippen LogP contribution >= 0.6 is 23.1 Å². The minimum Gasteiger partial charge on any atom is -0.306 e. The minimum absolute atomic E-state index is 0.125. The van der Waals surface area contributed by atoms with Crippen LogP contribution in [0.1, 0.15) is 46.7 Å². The predicted molar refractivity (Wildman–Crippen MR) is 89.8 cm³/mol. The number of nitrogens with zero attached hydrogens (tertiary/aromatic N) is 2. The monoisotopic (exact) mass is 311 g/mol. The number of hydrogen-bond donors (Lipinski definition) is 1. The Balaban J connectivity index is 2.13. The fraction of sp³-hybridized carbons (Fsp3) is 0.667. The maximum atomic E-state index is 4.77. The van der Waals surface area contributed by atoms with E-state index in [1.807, 2.05) is 11.8 Å². The first-order chi connectivity index (χ1) is 9.37. The van der Waals surface area contributed by atoms with Gasteiger partial charge in [0.25, 0.3) is 0 Å². The molecule has 0 atom stereocenters. The summed E-state index contributed by atoms with van der Waals surface area (Å²) in [6.07, 6.45) is 3.36. The predicted octanol–water partition coefficient (Wildman–Crippen LogP) is 4.42. The van der Waals surface area contributed by atoms with E-state index in [-0.39, 0.29) is 5.54 Å². The highest BCUT2D eigenvalue weighted by Crippen LogP contribution is 2.27. The van der Waals surface area contributed by atoms with E-state index < -0.39 is 0 Å². The first-order valence-corrected chi connectivity index (χ1v) is 9.05. The summed E-state index contributed by atoms with van der Waals surface area (Å²) in [6.45, 7) is 12.0. The molecule has 2 aromatic heterocycles. The topological polar surface area (TPSA) is 29.3 Å². The number of thiazole rings is 1. The van der Waals surface area contributed by atoms with Gasteiger partial charge in [0.2, 0.25) is 0 Å². The highest BCUT2D eigenvalue weighted by molar-refractivity contribution is 7.99. The van der Waals surface area contributed by atoms with Crippen molar-refractivity contribution in [3.63, 3.8) is 0 Å². The van der Waals surface area contributed by atoms with Gasteiger partial charge in [0.05, 0.1) is 5.69 Å². The lowest BCUT2D eigenvalue weighted by Crippen LogP contribution is -2.35. The van der Waals surface area contributed by atoms with Crippen LogP contribution in [0.4, 0.5) is 0 Å². The van der Waals surface area contributed by atoms with Gasteiger partial charge >= 0.3 is 0 Å². The van der Waals surface area contributed by atoms with Crippen LogP contribution in [0.15, 0.2) is 16.6 Å². The molecule has 5 heteroatoms. The standard InChI is InChI=1S/C15H25N3S2/c1-11(2)6-8-19-13-12(10-16-15(3,4)5)18-7-9-20-14(18)17-13/h7,9,11,16H,6,8,10H2,1-5H3. The summed E-state index contributed by atoms with van der Waals surface area (Å²) in [6, 6.07) is 0. The Bertz CT molecular complexity index is 549. The molecule has 0 aliphatic rings. The summed E-state index contributed by atoms with van der Waals surface area (Å²) in [5.74, 6) is 1.90. The number of imidazole rings is 1. The summed E-state index contributed by atoms with van der Waals surface area (Å²) in [7, 11) is 0. The first-order valence-electron chi connectivity index (χ1n) is 7.19. The molecule has 0 aliphatic heterocycles. The highest BCUT2D eigenvalue weighted by atomic mass is 32.2. The van der Waals surface area contributed by atoms with Gasteiger partial charge in [-0.3, -0.25) is 4.40 Å². The van der Waals surface area contributed by atoms with Crippen LogP contribution in [0, 0.1) is 5.92 Å². The van der Waals surface area contributed by atoms with Crippen molar-refractivity contribution in [1.82, 2.24) is 14.7 Å². The molecule has 0 radical (unpaired) electrons. The van der Waals surface area contributed by atoms with E-state index in [0.29, 0.717) is 0 Å². The number of thioether (sulfide) groups is 1. The third-order valence-electron chi connectivity index (χ3n) is 3.04. The molecule has 112 valence electrons. The van der Waals surface area contributed by atoms with Crippen LogP contribution in [-0.4, -0.2) is 20.7 Å². The molecule has 1 N–H and O–H groups in total. The van der Waals surface area contributed by atoms with Crippen molar-refractivity contribution >= 4 is 28.1 Å². The van der Waals surface area contributed by atoms with E-state index in [0.717, 1.165) is 23.2 Å². The molecule has 0 spiro atoms. The van der Waals surface area contributed by atoms with Crippen molar-refractivity contribution < 1.29 is 0 Å². The normalized spacial score (nSPS) is 12.7. The molecule has 3 nitrogen and oxygen atoms in total. The number of nitrogens with one attached hydrogen (secondary N) is 1. The maximum Gasteiger partial charge on any atom is 0.194 e. The molecule has 2 rings (SSSR count). The van der Waals surface area contributed by atoms with Crippen molar-refractivity contribution in [3.8, 4) is 0 Å². The van der Waals surface area contributed by atoms with E-state index >= 15 is 0 Å². The first kappa shape index (κ1) is 15.9. The lowest BCUT2D eigenvalue weighted by atomic mass is 10.1. The summed E-state index contributed by atoms with van der Waals surface area (Å²) in [5, 5.41) is 6.87. The number of rotatable bonds is 6. The SMILES string of the molecule is CC(C)CCSc1nc2sccn2c1CNC(C)(C)C. The minimum atomic E-state index is 0.125. The van der Waals surface area contributed by atoms with E-state index in [1.54, 1.807) is 11.3 Å². The zero-order chi connectivity index (χ0) is 14.8. The molecule has 0 saturated heterocycles. The molecule has 2 heterocycles. The highest BCUT2D eigenvalue weighted by Gasteiger charge is 2.16. The van der Waals surface area contributed by atoms with Gasteiger partial charge in [0.1, 0.15) is 5.03 Å². The van der Waals surface area contributed by atoms with Crippen LogP contribution in [-0.2, 0) is 6.54 Å². The molecular formula is C15H25N3S2. The van der Waals surface area contributed by atoms with E-state index in [2.05, 4.69) is 55.9 Å². The van der Waals surface area contributed by atoms with Gasteiger partial charge in [-0.1, -0.05) is 13.8 Å². The molecule has 0 aliphatic carbocycles. The number of fused-ring (bicyclic) bond motifs is 1. The Kier molecular flexibility index (Phi) is 5.15. The molecule has 20 heavy (non-hydrogen) atoms. The Morgan fingerprint density at radius 3 is 2.80 bits per heavy atom. The second kappa shape index (κ2) is 6.50. The van der Waals surface area contributed by atoms with Gasteiger partial charge in [0.15, 0.2) is 4.96 Å². The fourth-order valence-electron chi connectivity index (χ4n) is 1.83. The summed E-state index contributed by atoms with van der Waals surface area (Å²) >= 11 is 3.60. The van der Waals surface area contributed by atoms with Crippen LogP contribution in [0.3, 0.4) is 0 Å². The van der Waals surface area contributed by atoms with Gasteiger partial charge in [-0.25, -0.2) is 4.98 Å². The second-order valence-corrected chi connectivity index (χ2v) is 8.51. The summed E-state index contributed by atoms with van der Waals surface area (Å²) < 4.78 is 2.22. The zero-order valence-electron chi connectivity index (χ0n) is 13.1. The largest absolute Gasteiger partial charge is 0.306 e. The van der Waals surface area contributed by atoms with Crippen molar-refractivity contribution in [1.29, 1.82) is 0 Å². The van der Waals surface area contributed by atoms with E-state index in [9.17, 15) is 0 Å². The van der Waals surface area contributed by atoms with Gasteiger partial charge in [-0.2, -0.15) is 0 Å². The Morgan fingerprint density at radius 1 is 1.40 bits per heavy atom. The lowest BCUT2D eigenvalue weighted by molar-refractivity contribution is 0.418. The van der Waals surface area contributed by atoms with Crippen molar-refractivity contribution in [2.24, 2.45) is 5.92 Å². The van der Waals surface area contributed by atoms with Crippen LogP contribution < -0.4 is 5.32 Å². The third-order valence-corrected chi connectivity index (χ3v) is 4.84. The average molecular weight is 312 g/mol. The molecule has 0 saturated carbocycles. The molecule has 0 amide bonds. The lowest BCUT2D eigenvalue weighted by Gasteiger charge is -2.20. The molecular weight excluding hydrogens is 286 g/mol. The second-order valence-electron chi connectivity index (χ2n) is 6.55. The zero-order valence-corrected chi connectivity index (χ0v) is 14.7. The van der Waals surface area contributed by atoms with Crippen LogP contribution in [0.25, 0.3) is 4.96 Å². The Morgan fingerprint density at radius 2 is 2.15 bits per heavy atom. The quantitative estimate of drug-likeness (QED) is 0.801. The number of aromatic nitrogens is 2. The van der Waals surface area contributed by atoms with Crippen LogP contribution in [0.5, 0.6) is 0 Å². The Labute approximate surface area is 130 Å². The Hall–Kier alpha value is -0.520. The van der Waals surface area contributed by atoms with Crippen molar-refractivity contribution in [2.45, 2.75) is 58.1 Å². The summed E-state index contributed by atoms with van der Waals surface area (Å²) in [5.41, 5.74) is 1.42. The van der Waals surface area contributed by atoms with E-state index in [4.69, 9.17) is 4.98 Å². The third kappa shape index (κ3) is 4.24. The van der Waals surface area contributed by atoms with Crippen molar-refractivity contribution in [2.75, 3.05) is 5.75 Å². The van der Waals surface area contributed by atoms with Gasteiger partial charge < -0.3 is 5.32 Å². The molecule has 0 fully saturated rings. The van der Waals surface area contributed by atoms with E-state index in [1.165, 1.54) is 17.1 Å². The van der Waals surface area contributed by atoms with Gasteiger partial charge in [-0.15, -0.1) is 23.1 Å². The fourth-order valence-corrected chi connectivity index (χ4v) is 3.89. The van der Waals surface area contributed by atoms with Crippen LogP contribution in [0.2, 0.25) is 0 Å². The maximum absolute atomic E-state index is 4.77.